The summed E-state index contributed by atoms with van der Waals surface area (Å²) >= 11 is 3.14. The molecule has 2 rings (SSSR count). The van der Waals surface area contributed by atoms with Gasteiger partial charge in [0.15, 0.2) is 5.78 Å². The minimum Gasteiger partial charge on any atom is -0.396 e. The minimum absolute atomic E-state index is 0.0397. The van der Waals surface area contributed by atoms with Gasteiger partial charge in [-0.15, -0.1) is 0 Å². The minimum atomic E-state index is -0.544. The fourth-order valence-electron chi connectivity index (χ4n) is 1.36. The number of benzene rings is 1. The zero-order chi connectivity index (χ0) is 11.7. The summed E-state index contributed by atoms with van der Waals surface area (Å²) in [6, 6.07) is 4.16. The SMILES string of the molecule is Nc1cc(C(=O)c2cc[nH]c2)c(Br)cc1F. The highest BCUT2D eigenvalue weighted by Crippen LogP contribution is 2.25. The molecule has 3 N–H and O–H groups in total. The Morgan fingerprint density at radius 1 is 1.44 bits per heavy atom. The van der Waals surface area contributed by atoms with Gasteiger partial charge >= 0.3 is 0 Å². The first-order valence-corrected chi connectivity index (χ1v) is 5.31. The van der Waals surface area contributed by atoms with E-state index in [4.69, 9.17) is 5.73 Å². The van der Waals surface area contributed by atoms with Crippen molar-refractivity contribution in [3.8, 4) is 0 Å². The summed E-state index contributed by atoms with van der Waals surface area (Å²) in [6.45, 7) is 0. The molecule has 1 aromatic carbocycles. The highest BCUT2D eigenvalue weighted by atomic mass is 79.9. The zero-order valence-electron chi connectivity index (χ0n) is 8.13. The van der Waals surface area contributed by atoms with Crippen molar-refractivity contribution in [3.63, 3.8) is 0 Å². The molecule has 0 unspecified atom stereocenters. The molecule has 3 nitrogen and oxygen atoms in total. The third-order valence-corrected chi connectivity index (χ3v) is 2.85. The Balaban J connectivity index is 2.49. The summed E-state index contributed by atoms with van der Waals surface area (Å²) in [5, 5.41) is 0. The number of nitrogens with one attached hydrogen (secondary N) is 1. The average molecular weight is 283 g/mol. The Morgan fingerprint density at radius 2 is 2.19 bits per heavy atom. The van der Waals surface area contributed by atoms with E-state index < -0.39 is 5.82 Å². The van der Waals surface area contributed by atoms with Gasteiger partial charge in [-0.2, -0.15) is 0 Å². The molecule has 0 atom stereocenters. The number of ketones is 1. The Labute approximate surface area is 99.6 Å². The number of H-pyrrole nitrogens is 1. The van der Waals surface area contributed by atoms with E-state index in [2.05, 4.69) is 20.9 Å². The zero-order valence-corrected chi connectivity index (χ0v) is 9.71. The third-order valence-electron chi connectivity index (χ3n) is 2.19. The summed E-state index contributed by atoms with van der Waals surface area (Å²) in [5.41, 5.74) is 6.24. The number of aromatic amines is 1. The monoisotopic (exact) mass is 282 g/mol. The lowest BCUT2D eigenvalue weighted by Crippen LogP contribution is -2.03. The normalized spacial score (nSPS) is 10.4. The van der Waals surface area contributed by atoms with Crippen LogP contribution in [0.4, 0.5) is 10.1 Å². The third kappa shape index (κ3) is 1.86. The van der Waals surface area contributed by atoms with Gasteiger partial charge in [0.05, 0.1) is 5.69 Å². The molecule has 1 heterocycles. The number of carbonyl (C=O) groups excluding carboxylic acids is 1. The second-order valence-electron chi connectivity index (χ2n) is 3.28. The molecule has 0 radical (unpaired) electrons. The first kappa shape index (κ1) is 10.9. The number of aromatic nitrogens is 1. The van der Waals surface area contributed by atoms with Gasteiger partial charge in [0.2, 0.25) is 0 Å². The highest BCUT2D eigenvalue weighted by Gasteiger charge is 2.15. The first-order valence-electron chi connectivity index (χ1n) is 4.51. The van der Waals surface area contributed by atoms with Crippen LogP contribution >= 0.6 is 15.9 Å². The van der Waals surface area contributed by atoms with E-state index in [1.54, 1.807) is 18.5 Å². The number of nitrogen functional groups attached to an aromatic ring is 1. The second-order valence-corrected chi connectivity index (χ2v) is 4.14. The maximum atomic E-state index is 13.1. The van der Waals surface area contributed by atoms with Crippen LogP contribution in [0.3, 0.4) is 0 Å². The molecule has 0 saturated heterocycles. The van der Waals surface area contributed by atoms with Gasteiger partial charge in [0, 0.05) is 28.0 Å². The molecule has 0 aliphatic carbocycles. The predicted molar refractivity (Wildman–Crippen MR) is 62.7 cm³/mol. The number of nitrogens with two attached hydrogens (primary N) is 1. The highest BCUT2D eigenvalue weighted by molar-refractivity contribution is 9.10. The Morgan fingerprint density at radius 3 is 2.81 bits per heavy atom. The quantitative estimate of drug-likeness (QED) is 0.657. The fraction of sp³-hybridized carbons (Fsp3) is 0. The van der Waals surface area contributed by atoms with Crippen molar-refractivity contribution in [1.82, 2.24) is 4.98 Å². The smallest absolute Gasteiger partial charge is 0.195 e. The molecule has 0 aliphatic heterocycles. The van der Waals surface area contributed by atoms with Crippen LogP contribution in [0, 0.1) is 5.82 Å². The number of hydrogen-bond acceptors (Lipinski definition) is 2. The van der Waals surface area contributed by atoms with E-state index in [-0.39, 0.29) is 11.5 Å². The molecule has 2 aromatic rings. The van der Waals surface area contributed by atoms with Gasteiger partial charge in [-0.25, -0.2) is 4.39 Å². The van der Waals surface area contributed by atoms with E-state index in [0.717, 1.165) is 0 Å². The van der Waals surface area contributed by atoms with E-state index >= 15 is 0 Å². The molecule has 0 amide bonds. The van der Waals surface area contributed by atoms with Crippen LogP contribution in [0.2, 0.25) is 0 Å². The van der Waals surface area contributed by atoms with Crippen LogP contribution in [-0.2, 0) is 0 Å². The van der Waals surface area contributed by atoms with Crippen LogP contribution in [0.25, 0.3) is 0 Å². The van der Waals surface area contributed by atoms with E-state index in [0.29, 0.717) is 15.6 Å². The van der Waals surface area contributed by atoms with Gasteiger partial charge in [0.25, 0.3) is 0 Å². The number of halogens is 2. The van der Waals surface area contributed by atoms with Crippen LogP contribution in [0.1, 0.15) is 15.9 Å². The van der Waals surface area contributed by atoms with E-state index in [1.165, 1.54) is 12.1 Å². The van der Waals surface area contributed by atoms with Crippen molar-refractivity contribution >= 4 is 27.4 Å². The van der Waals surface area contributed by atoms with Crippen LogP contribution < -0.4 is 5.73 Å². The summed E-state index contributed by atoms with van der Waals surface area (Å²) in [7, 11) is 0. The molecule has 0 fully saturated rings. The molecule has 1 aromatic heterocycles. The lowest BCUT2D eigenvalue weighted by atomic mass is 10.1. The van der Waals surface area contributed by atoms with Gasteiger partial charge in [0.1, 0.15) is 5.82 Å². The summed E-state index contributed by atoms with van der Waals surface area (Å²) in [6.07, 6.45) is 3.22. The number of rotatable bonds is 2. The lowest BCUT2D eigenvalue weighted by molar-refractivity contribution is 0.103. The average Bonchev–Trinajstić information content (AvgIpc) is 2.75. The van der Waals surface area contributed by atoms with Crippen molar-refractivity contribution < 1.29 is 9.18 Å². The topological polar surface area (TPSA) is 58.9 Å². The van der Waals surface area contributed by atoms with Gasteiger partial charge < -0.3 is 10.7 Å². The van der Waals surface area contributed by atoms with Gasteiger partial charge in [-0.1, -0.05) is 0 Å². The van der Waals surface area contributed by atoms with E-state index in [9.17, 15) is 9.18 Å². The van der Waals surface area contributed by atoms with Crippen LogP contribution in [0.5, 0.6) is 0 Å². The molecule has 0 bridgehead atoms. The van der Waals surface area contributed by atoms with Crippen molar-refractivity contribution in [2.75, 3.05) is 5.73 Å². The maximum Gasteiger partial charge on any atom is 0.195 e. The fourth-order valence-corrected chi connectivity index (χ4v) is 1.86. The van der Waals surface area contributed by atoms with Gasteiger partial charge in [-0.05, 0) is 34.1 Å². The summed E-state index contributed by atoms with van der Waals surface area (Å²) in [5.74, 6) is -0.752. The first-order chi connectivity index (χ1) is 7.59. The predicted octanol–water partition coefficient (Wildman–Crippen LogP) is 2.73. The maximum absolute atomic E-state index is 13.1. The molecule has 5 heteroatoms. The number of anilines is 1. The molecule has 0 spiro atoms. The van der Waals surface area contributed by atoms with E-state index in [1.807, 2.05) is 0 Å². The Hall–Kier alpha value is -1.62. The van der Waals surface area contributed by atoms with Crippen LogP contribution in [0.15, 0.2) is 35.1 Å². The van der Waals surface area contributed by atoms with Crippen molar-refractivity contribution in [3.05, 3.63) is 52.0 Å². The van der Waals surface area contributed by atoms with Crippen molar-refractivity contribution in [2.24, 2.45) is 0 Å². The van der Waals surface area contributed by atoms with Crippen LogP contribution in [-0.4, -0.2) is 10.8 Å². The Kier molecular flexibility index (Phi) is 2.78. The standard InChI is InChI=1S/C11H8BrFN2O/c12-8-4-9(13)10(14)3-7(8)11(16)6-1-2-15-5-6/h1-5,15H,14H2. The number of carbonyl (C=O) groups is 1. The molecular weight excluding hydrogens is 275 g/mol. The number of hydrogen-bond donors (Lipinski definition) is 2. The van der Waals surface area contributed by atoms with Gasteiger partial charge in [-0.3, -0.25) is 4.79 Å². The molecule has 0 saturated carbocycles. The summed E-state index contributed by atoms with van der Waals surface area (Å²) < 4.78 is 13.5. The largest absolute Gasteiger partial charge is 0.396 e. The molecular formula is C11H8BrFN2O. The summed E-state index contributed by atoms with van der Waals surface area (Å²) in [4.78, 5) is 14.7. The second kappa shape index (κ2) is 4.09. The molecule has 82 valence electrons. The van der Waals surface area contributed by atoms with Crippen molar-refractivity contribution in [2.45, 2.75) is 0 Å². The molecule has 16 heavy (non-hydrogen) atoms. The van der Waals surface area contributed by atoms with Crippen molar-refractivity contribution in [1.29, 1.82) is 0 Å². The molecule has 0 aliphatic rings. The lowest BCUT2D eigenvalue weighted by Gasteiger charge is -2.04. The Bertz CT molecular complexity index is 537.